The van der Waals surface area contributed by atoms with Gasteiger partial charge >= 0.3 is 6.18 Å². The number of nitrogens with zero attached hydrogens (tertiary/aromatic N) is 5. The molecule has 1 saturated carbocycles. The van der Waals surface area contributed by atoms with E-state index in [-0.39, 0.29) is 23.1 Å². The highest BCUT2D eigenvalue weighted by Crippen LogP contribution is 2.33. The number of aromatic nitrogens is 5. The Hall–Kier alpha value is -4.16. The third-order valence-electron chi connectivity index (χ3n) is 6.68. The maximum absolute atomic E-state index is 13.4. The number of rotatable bonds is 5. The minimum absolute atomic E-state index is 0.0437. The fraction of sp³-hybridized carbons (Fsp3) is 0.345. The number of alkyl halides is 5. The monoisotopic (exact) mass is 593 g/mol. The van der Waals surface area contributed by atoms with E-state index in [1.54, 1.807) is 6.92 Å². The molecule has 0 N–H and O–H groups in total. The third kappa shape index (κ3) is 7.77. The normalized spacial score (nSPS) is 14.0. The number of benzene rings is 1. The van der Waals surface area contributed by atoms with Crippen LogP contribution in [0.15, 0.2) is 59.7 Å². The van der Waals surface area contributed by atoms with Crippen LogP contribution in [0.25, 0.3) is 11.5 Å². The molecule has 6 nitrogen and oxygen atoms in total. The zero-order valence-electron chi connectivity index (χ0n) is 22.4. The molecular formula is C29H26F7N5O. The molecule has 1 aromatic carbocycles. The van der Waals surface area contributed by atoms with Gasteiger partial charge in [-0.15, -0.1) is 0 Å². The van der Waals surface area contributed by atoms with Gasteiger partial charge in [-0.05, 0) is 67.6 Å². The number of hydrogen-bond acceptors (Lipinski definition) is 5. The van der Waals surface area contributed by atoms with Crippen LogP contribution in [0.1, 0.15) is 72.5 Å². The molecule has 222 valence electrons. The molecule has 1 aliphatic carbocycles. The molecular weight excluding hydrogens is 567 g/mol. The second-order valence-electron chi connectivity index (χ2n) is 9.83. The van der Waals surface area contributed by atoms with Crippen molar-refractivity contribution in [1.29, 1.82) is 0 Å². The lowest BCUT2D eigenvalue weighted by molar-refractivity contribution is -0.138. The van der Waals surface area contributed by atoms with Gasteiger partial charge in [0.05, 0.1) is 17.8 Å². The van der Waals surface area contributed by atoms with Gasteiger partial charge in [0.1, 0.15) is 23.0 Å². The molecule has 13 heteroatoms. The Morgan fingerprint density at radius 2 is 1.64 bits per heavy atom. The van der Waals surface area contributed by atoms with Gasteiger partial charge in [-0.3, -0.25) is 9.78 Å². The minimum Gasteiger partial charge on any atom is -0.267 e. The van der Waals surface area contributed by atoms with E-state index in [1.807, 2.05) is 0 Å². The number of halogens is 7. The maximum Gasteiger partial charge on any atom is 0.418 e. The average molecular weight is 594 g/mol. The van der Waals surface area contributed by atoms with E-state index >= 15 is 0 Å². The van der Waals surface area contributed by atoms with Crippen molar-refractivity contribution in [3.63, 3.8) is 0 Å². The zero-order chi connectivity index (χ0) is 30.4. The molecule has 1 aliphatic rings. The Morgan fingerprint density at radius 1 is 0.952 bits per heavy atom. The predicted molar refractivity (Wildman–Crippen MR) is 140 cm³/mol. The summed E-state index contributed by atoms with van der Waals surface area (Å²) < 4.78 is 91.9. The second-order valence-corrected chi connectivity index (χ2v) is 9.83. The fourth-order valence-corrected chi connectivity index (χ4v) is 4.76. The van der Waals surface area contributed by atoms with Crippen molar-refractivity contribution in [3.8, 4) is 11.5 Å². The van der Waals surface area contributed by atoms with Crippen LogP contribution in [0.3, 0.4) is 0 Å². The Morgan fingerprint density at radius 3 is 2.26 bits per heavy atom. The van der Waals surface area contributed by atoms with Gasteiger partial charge in [0.25, 0.3) is 12.0 Å². The predicted octanol–water partition coefficient (Wildman–Crippen LogP) is 7.42. The van der Waals surface area contributed by atoms with Crippen molar-refractivity contribution >= 4 is 0 Å². The smallest absolute Gasteiger partial charge is 0.267 e. The summed E-state index contributed by atoms with van der Waals surface area (Å²) in [5.74, 6) is -1.28. The van der Waals surface area contributed by atoms with Crippen molar-refractivity contribution in [2.45, 2.75) is 64.1 Å². The SMILES string of the molecule is Cc1cc(F)cc(F)c1.O=c1c(C2CCCCC2)cc(-c2nccc(C(F)F)n2)nn1Cc1ncccc1C(F)(F)F. The topological polar surface area (TPSA) is 73.6 Å². The van der Waals surface area contributed by atoms with Gasteiger partial charge < -0.3 is 0 Å². The molecule has 0 saturated heterocycles. The van der Waals surface area contributed by atoms with Crippen molar-refractivity contribution in [2.24, 2.45) is 0 Å². The summed E-state index contributed by atoms with van der Waals surface area (Å²) in [7, 11) is 0. The van der Waals surface area contributed by atoms with Gasteiger partial charge in [-0.25, -0.2) is 32.2 Å². The molecule has 4 aromatic rings. The van der Waals surface area contributed by atoms with Gasteiger partial charge in [0.15, 0.2) is 5.82 Å². The van der Waals surface area contributed by atoms with Gasteiger partial charge in [0.2, 0.25) is 0 Å². The molecule has 0 amide bonds. The Labute approximate surface area is 236 Å². The summed E-state index contributed by atoms with van der Waals surface area (Å²) >= 11 is 0. The molecule has 1 fully saturated rings. The number of pyridine rings is 1. The van der Waals surface area contributed by atoms with E-state index in [0.717, 1.165) is 67.2 Å². The Balaban J connectivity index is 0.000000385. The lowest BCUT2D eigenvalue weighted by Crippen LogP contribution is -2.30. The number of aryl methyl sites for hydroxylation is 1. The number of hydrogen-bond donors (Lipinski definition) is 0. The summed E-state index contributed by atoms with van der Waals surface area (Å²) in [6.07, 6.45) is -0.787. The molecule has 0 bridgehead atoms. The first-order chi connectivity index (χ1) is 19.9. The van der Waals surface area contributed by atoms with Crippen LogP contribution in [-0.4, -0.2) is 24.7 Å². The highest BCUT2D eigenvalue weighted by atomic mass is 19.4. The van der Waals surface area contributed by atoms with Crippen LogP contribution in [0, 0.1) is 18.6 Å². The van der Waals surface area contributed by atoms with E-state index in [2.05, 4.69) is 20.1 Å². The van der Waals surface area contributed by atoms with Crippen LogP contribution >= 0.6 is 0 Å². The van der Waals surface area contributed by atoms with Crippen molar-refractivity contribution in [3.05, 3.63) is 105 Å². The molecule has 42 heavy (non-hydrogen) atoms. The summed E-state index contributed by atoms with van der Waals surface area (Å²) in [5, 5.41) is 4.14. The van der Waals surface area contributed by atoms with E-state index in [0.29, 0.717) is 11.1 Å². The quantitative estimate of drug-likeness (QED) is 0.225. The van der Waals surface area contributed by atoms with Crippen LogP contribution in [0.4, 0.5) is 30.7 Å². The Bertz CT molecular complexity index is 1530. The first-order valence-electron chi connectivity index (χ1n) is 13.1. The van der Waals surface area contributed by atoms with E-state index in [1.165, 1.54) is 24.4 Å². The lowest BCUT2D eigenvalue weighted by Gasteiger charge is -2.22. The lowest BCUT2D eigenvalue weighted by atomic mass is 9.84. The van der Waals surface area contributed by atoms with Crippen molar-refractivity contribution in [2.75, 3.05) is 0 Å². The van der Waals surface area contributed by atoms with Gasteiger partial charge in [-0.1, -0.05) is 19.3 Å². The maximum atomic E-state index is 13.4. The summed E-state index contributed by atoms with van der Waals surface area (Å²) in [6, 6.07) is 8.00. The average Bonchev–Trinajstić information content (AvgIpc) is 2.94. The molecule has 0 unspecified atom stereocenters. The molecule has 5 rings (SSSR count). The van der Waals surface area contributed by atoms with Crippen molar-refractivity contribution in [1.82, 2.24) is 24.7 Å². The highest BCUT2D eigenvalue weighted by Gasteiger charge is 2.34. The second kappa shape index (κ2) is 13.2. The Kier molecular flexibility index (Phi) is 9.69. The molecule has 0 spiro atoms. The van der Waals surface area contributed by atoms with Gasteiger partial charge in [-0.2, -0.15) is 18.3 Å². The summed E-state index contributed by atoms with van der Waals surface area (Å²) in [5.41, 5.74) is -1.37. The first-order valence-corrected chi connectivity index (χ1v) is 13.1. The summed E-state index contributed by atoms with van der Waals surface area (Å²) in [6.45, 7) is 1.11. The minimum atomic E-state index is -4.66. The molecule has 3 aromatic heterocycles. The van der Waals surface area contributed by atoms with E-state index in [9.17, 15) is 35.5 Å². The standard InChI is InChI=1S/C22H20F5N5O.C7H6F2/c23-19(24)16-8-10-29-20(30-16)17-11-14(13-5-2-1-3-6-13)21(33)32(31-17)12-18-15(22(25,26)27)7-4-9-28-18;1-5-2-6(8)4-7(9)3-5/h4,7-11,13,19H,1-3,5-6,12H2;2-4H,1H3. The van der Waals surface area contributed by atoms with Crippen LogP contribution in [0.2, 0.25) is 0 Å². The van der Waals surface area contributed by atoms with Crippen LogP contribution in [0.5, 0.6) is 0 Å². The third-order valence-corrected chi connectivity index (χ3v) is 6.68. The van der Waals surface area contributed by atoms with Gasteiger partial charge in [0, 0.05) is 24.0 Å². The van der Waals surface area contributed by atoms with Crippen LogP contribution < -0.4 is 5.56 Å². The highest BCUT2D eigenvalue weighted by molar-refractivity contribution is 5.50. The molecule has 0 radical (unpaired) electrons. The molecule has 3 heterocycles. The van der Waals surface area contributed by atoms with Crippen molar-refractivity contribution < 1.29 is 30.7 Å². The van der Waals surface area contributed by atoms with E-state index < -0.39 is 47.6 Å². The summed E-state index contributed by atoms with van der Waals surface area (Å²) in [4.78, 5) is 24.9. The fourth-order valence-electron chi connectivity index (χ4n) is 4.76. The molecule has 0 aliphatic heterocycles. The zero-order valence-corrected chi connectivity index (χ0v) is 22.4. The first kappa shape index (κ1) is 30.8. The van der Waals surface area contributed by atoms with E-state index in [4.69, 9.17) is 0 Å². The molecule has 0 atom stereocenters. The largest absolute Gasteiger partial charge is 0.418 e. The van der Waals surface area contributed by atoms with Crippen LogP contribution in [-0.2, 0) is 12.7 Å².